The first kappa shape index (κ1) is 16.5. The van der Waals surface area contributed by atoms with Crippen LogP contribution in [-0.4, -0.2) is 36.1 Å². The summed E-state index contributed by atoms with van der Waals surface area (Å²) in [6, 6.07) is 3.24. The van der Waals surface area contributed by atoms with Crippen LogP contribution in [0.1, 0.15) is 49.1 Å². The van der Waals surface area contributed by atoms with Crippen molar-refractivity contribution in [1.82, 2.24) is 10.6 Å². The first-order chi connectivity index (χ1) is 10.7. The molecule has 2 amide bonds. The number of carbonyl (C=O) groups is 2. The molecule has 1 aliphatic rings. The topological polar surface area (TPSA) is 91.6 Å². The summed E-state index contributed by atoms with van der Waals surface area (Å²) in [4.78, 5) is 23.3. The van der Waals surface area contributed by atoms with Gasteiger partial charge >= 0.3 is 0 Å². The summed E-state index contributed by atoms with van der Waals surface area (Å²) in [5.74, 6) is 0.225. The molecule has 3 N–H and O–H groups in total. The molecule has 1 fully saturated rings. The van der Waals surface area contributed by atoms with Crippen molar-refractivity contribution in [2.75, 3.05) is 13.1 Å². The first-order valence-electron chi connectivity index (χ1n) is 7.93. The van der Waals surface area contributed by atoms with Crippen LogP contribution < -0.4 is 10.6 Å². The normalized spacial score (nSPS) is 16.4. The van der Waals surface area contributed by atoms with Gasteiger partial charge in [0, 0.05) is 19.5 Å². The fourth-order valence-corrected chi connectivity index (χ4v) is 2.76. The minimum absolute atomic E-state index is 0.0932. The van der Waals surface area contributed by atoms with Gasteiger partial charge in [0.15, 0.2) is 5.76 Å². The molecule has 0 saturated heterocycles. The molecule has 1 atom stereocenters. The van der Waals surface area contributed by atoms with Crippen LogP contribution in [0.2, 0.25) is 0 Å². The van der Waals surface area contributed by atoms with Crippen molar-refractivity contribution in [3.8, 4) is 0 Å². The SMILES string of the molecule is O=C(CCCNC(=O)c1ccco1)NCC(O)C1CCCC1. The lowest BCUT2D eigenvalue weighted by atomic mass is 10.0. The third-order valence-corrected chi connectivity index (χ3v) is 4.06. The van der Waals surface area contributed by atoms with Gasteiger partial charge in [-0.15, -0.1) is 0 Å². The van der Waals surface area contributed by atoms with Crippen molar-refractivity contribution in [1.29, 1.82) is 0 Å². The van der Waals surface area contributed by atoms with Crippen molar-refractivity contribution in [3.05, 3.63) is 24.2 Å². The van der Waals surface area contributed by atoms with Gasteiger partial charge in [0.2, 0.25) is 5.91 Å². The van der Waals surface area contributed by atoms with Gasteiger partial charge in [-0.1, -0.05) is 12.8 Å². The van der Waals surface area contributed by atoms with Crippen molar-refractivity contribution in [2.45, 2.75) is 44.6 Å². The largest absolute Gasteiger partial charge is 0.459 e. The van der Waals surface area contributed by atoms with E-state index in [1.807, 2.05) is 0 Å². The molecule has 0 spiro atoms. The van der Waals surface area contributed by atoms with Crippen LogP contribution in [-0.2, 0) is 4.79 Å². The molecular weight excluding hydrogens is 284 g/mol. The molecule has 1 aromatic rings. The van der Waals surface area contributed by atoms with Crippen LogP contribution in [0.3, 0.4) is 0 Å². The highest BCUT2D eigenvalue weighted by atomic mass is 16.3. The maximum absolute atomic E-state index is 11.7. The van der Waals surface area contributed by atoms with E-state index in [4.69, 9.17) is 4.42 Å². The van der Waals surface area contributed by atoms with Gasteiger partial charge in [-0.2, -0.15) is 0 Å². The van der Waals surface area contributed by atoms with Crippen molar-refractivity contribution in [2.24, 2.45) is 5.92 Å². The zero-order valence-corrected chi connectivity index (χ0v) is 12.7. The Balaban J connectivity index is 1.53. The number of nitrogens with one attached hydrogen (secondary N) is 2. The first-order valence-corrected chi connectivity index (χ1v) is 7.93. The van der Waals surface area contributed by atoms with Crippen LogP contribution in [0, 0.1) is 5.92 Å². The molecule has 0 radical (unpaired) electrons. The molecule has 0 aliphatic heterocycles. The number of amides is 2. The number of aliphatic hydroxyl groups excluding tert-OH is 1. The van der Waals surface area contributed by atoms with Gasteiger partial charge in [-0.25, -0.2) is 0 Å². The van der Waals surface area contributed by atoms with Crippen LogP contribution in [0.4, 0.5) is 0 Å². The van der Waals surface area contributed by atoms with E-state index in [2.05, 4.69) is 10.6 Å². The molecule has 1 aliphatic carbocycles. The smallest absolute Gasteiger partial charge is 0.286 e. The summed E-state index contributed by atoms with van der Waals surface area (Å²) in [5.41, 5.74) is 0. The minimum Gasteiger partial charge on any atom is -0.459 e. The summed E-state index contributed by atoms with van der Waals surface area (Å²) < 4.78 is 4.97. The molecule has 1 unspecified atom stereocenters. The Morgan fingerprint density at radius 3 is 2.77 bits per heavy atom. The lowest BCUT2D eigenvalue weighted by Crippen LogP contribution is -2.36. The lowest BCUT2D eigenvalue weighted by Gasteiger charge is -2.18. The number of hydrogen-bond donors (Lipinski definition) is 3. The monoisotopic (exact) mass is 308 g/mol. The van der Waals surface area contributed by atoms with Crippen molar-refractivity contribution < 1.29 is 19.1 Å². The van der Waals surface area contributed by atoms with Crippen LogP contribution in [0.25, 0.3) is 0 Å². The van der Waals surface area contributed by atoms with Gasteiger partial charge in [0.1, 0.15) is 0 Å². The van der Waals surface area contributed by atoms with E-state index >= 15 is 0 Å². The average molecular weight is 308 g/mol. The molecule has 122 valence electrons. The Hall–Kier alpha value is -1.82. The predicted molar refractivity (Wildman–Crippen MR) is 81.2 cm³/mol. The number of rotatable bonds is 8. The van der Waals surface area contributed by atoms with Gasteiger partial charge in [0.25, 0.3) is 5.91 Å². The number of aliphatic hydroxyl groups is 1. The molecule has 1 heterocycles. The third-order valence-electron chi connectivity index (χ3n) is 4.06. The Bertz CT molecular complexity index is 467. The van der Waals surface area contributed by atoms with Gasteiger partial charge < -0.3 is 20.2 Å². The summed E-state index contributed by atoms with van der Waals surface area (Å²) in [5, 5.41) is 15.4. The number of carbonyl (C=O) groups excluding carboxylic acids is 2. The summed E-state index contributed by atoms with van der Waals surface area (Å²) >= 11 is 0. The van der Waals surface area contributed by atoms with E-state index in [1.165, 1.54) is 19.1 Å². The van der Waals surface area contributed by atoms with Gasteiger partial charge in [-0.05, 0) is 37.3 Å². The van der Waals surface area contributed by atoms with Crippen LogP contribution >= 0.6 is 0 Å². The molecule has 6 nitrogen and oxygen atoms in total. The zero-order chi connectivity index (χ0) is 15.8. The summed E-state index contributed by atoms with van der Waals surface area (Å²) in [7, 11) is 0. The Morgan fingerprint density at radius 1 is 1.32 bits per heavy atom. The second-order valence-corrected chi connectivity index (χ2v) is 5.75. The minimum atomic E-state index is -0.440. The summed E-state index contributed by atoms with van der Waals surface area (Å²) in [6.45, 7) is 0.736. The maximum Gasteiger partial charge on any atom is 0.286 e. The molecule has 22 heavy (non-hydrogen) atoms. The number of hydrogen-bond acceptors (Lipinski definition) is 4. The molecule has 6 heteroatoms. The molecule has 1 saturated carbocycles. The van der Waals surface area contributed by atoms with E-state index in [0.717, 1.165) is 12.8 Å². The van der Waals surface area contributed by atoms with Crippen molar-refractivity contribution in [3.63, 3.8) is 0 Å². The van der Waals surface area contributed by atoms with Gasteiger partial charge in [0.05, 0.1) is 12.4 Å². The Labute approximate surface area is 130 Å². The standard InChI is InChI=1S/C16H24N2O4/c19-13(12-5-1-2-6-12)11-18-15(20)8-3-9-17-16(21)14-7-4-10-22-14/h4,7,10,12-13,19H,1-3,5-6,8-9,11H2,(H,17,21)(H,18,20). The quantitative estimate of drug-likeness (QED) is 0.634. The third kappa shape index (κ3) is 5.18. The fraction of sp³-hybridized carbons (Fsp3) is 0.625. The van der Waals surface area contributed by atoms with E-state index < -0.39 is 6.10 Å². The predicted octanol–water partition coefficient (Wildman–Crippen LogP) is 1.46. The highest BCUT2D eigenvalue weighted by Crippen LogP contribution is 2.27. The average Bonchev–Trinajstić information content (AvgIpc) is 3.21. The zero-order valence-electron chi connectivity index (χ0n) is 12.7. The molecule has 1 aromatic heterocycles. The molecule has 2 rings (SSSR count). The molecular formula is C16H24N2O4. The fourth-order valence-electron chi connectivity index (χ4n) is 2.76. The number of furan rings is 1. The van der Waals surface area contributed by atoms with Gasteiger partial charge in [-0.3, -0.25) is 9.59 Å². The highest BCUT2D eigenvalue weighted by Gasteiger charge is 2.23. The van der Waals surface area contributed by atoms with Crippen LogP contribution in [0.15, 0.2) is 22.8 Å². The van der Waals surface area contributed by atoms with Crippen LogP contribution in [0.5, 0.6) is 0 Å². The van der Waals surface area contributed by atoms with E-state index in [1.54, 1.807) is 12.1 Å². The van der Waals surface area contributed by atoms with E-state index in [0.29, 0.717) is 31.8 Å². The van der Waals surface area contributed by atoms with E-state index in [-0.39, 0.29) is 17.6 Å². The maximum atomic E-state index is 11.7. The molecule has 0 aromatic carbocycles. The second-order valence-electron chi connectivity index (χ2n) is 5.75. The summed E-state index contributed by atoms with van der Waals surface area (Å²) in [6.07, 6.45) is 6.33. The van der Waals surface area contributed by atoms with Crippen molar-refractivity contribution >= 4 is 11.8 Å². The second kappa shape index (κ2) is 8.58. The highest BCUT2D eigenvalue weighted by molar-refractivity contribution is 5.91. The Morgan fingerprint density at radius 2 is 2.09 bits per heavy atom. The molecule has 0 bridgehead atoms. The Kier molecular flexibility index (Phi) is 6.45. The van der Waals surface area contributed by atoms with E-state index in [9.17, 15) is 14.7 Å². The lowest BCUT2D eigenvalue weighted by molar-refractivity contribution is -0.121.